The highest BCUT2D eigenvalue weighted by Gasteiger charge is 2.15. The lowest BCUT2D eigenvalue weighted by Gasteiger charge is -2.25. The van der Waals surface area contributed by atoms with Crippen molar-refractivity contribution >= 4 is 0 Å². The highest BCUT2D eigenvalue weighted by molar-refractivity contribution is 5.29. The molecule has 2 nitrogen and oxygen atoms in total. The molecule has 2 rings (SSSR count). The first kappa shape index (κ1) is 14.4. The molecule has 0 amide bonds. The lowest BCUT2D eigenvalue weighted by Crippen LogP contribution is -2.28. The molecule has 0 spiro atoms. The van der Waals surface area contributed by atoms with Crippen LogP contribution in [0.1, 0.15) is 57.1 Å². The standard InChI is InChI=1S/C17H27NO/c1-3-17(15-9-11-16(19-2)12-10-15)18-13-14-7-5-4-6-8-14/h9-12,14,17-18H,3-8,13H2,1-2H3. The maximum atomic E-state index is 5.22. The number of rotatable bonds is 6. The molecular weight excluding hydrogens is 234 g/mol. The van der Waals surface area contributed by atoms with Gasteiger partial charge < -0.3 is 10.1 Å². The van der Waals surface area contributed by atoms with Gasteiger partial charge in [0.05, 0.1) is 7.11 Å². The number of hydrogen-bond acceptors (Lipinski definition) is 2. The van der Waals surface area contributed by atoms with Gasteiger partial charge in [0, 0.05) is 6.04 Å². The SMILES string of the molecule is CCC(NCC1CCCCC1)c1ccc(OC)cc1. The summed E-state index contributed by atoms with van der Waals surface area (Å²) in [7, 11) is 1.72. The van der Waals surface area contributed by atoms with Crippen LogP contribution in [-0.4, -0.2) is 13.7 Å². The largest absolute Gasteiger partial charge is 0.497 e. The van der Waals surface area contributed by atoms with E-state index >= 15 is 0 Å². The van der Waals surface area contributed by atoms with Crippen molar-refractivity contribution in [3.05, 3.63) is 29.8 Å². The van der Waals surface area contributed by atoms with E-state index in [4.69, 9.17) is 4.74 Å². The van der Waals surface area contributed by atoms with Crippen molar-refractivity contribution in [2.75, 3.05) is 13.7 Å². The molecule has 0 saturated heterocycles. The third-order valence-electron chi connectivity index (χ3n) is 4.30. The fourth-order valence-corrected chi connectivity index (χ4v) is 3.03. The molecule has 2 heteroatoms. The third-order valence-corrected chi connectivity index (χ3v) is 4.30. The summed E-state index contributed by atoms with van der Waals surface area (Å²) in [5, 5.41) is 3.75. The molecule has 1 saturated carbocycles. The van der Waals surface area contributed by atoms with Gasteiger partial charge in [-0.25, -0.2) is 0 Å². The number of ether oxygens (including phenoxy) is 1. The summed E-state index contributed by atoms with van der Waals surface area (Å²) in [4.78, 5) is 0. The van der Waals surface area contributed by atoms with Gasteiger partial charge in [0.15, 0.2) is 0 Å². The Hall–Kier alpha value is -1.02. The molecule has 1 unspecified atom stereocenters. The second kappa shape index (κ2) is 7.54. The van der Waals surface area contributed by atoms with E-state index < -0.39 is 0 Å². The Morgan fingerprint density at radius 3 is 2.42 bits per heavy atom. The quantitative estimate of drug-likeness (QED) is 0.823. The van der Waals surface area contributed by atoms with E-state index in [1.807, 2.05) is 0 Å². The van der Waals surface area contributed by atoms with Gasteiger partial charge in [0.2, 0.25) is 0 Å². The zero-order chi connectivity index (χ0) is 13.5. The minimum atomic E-state index is 0.479. The number of hydrogen-bond donors (Lipinski definition) is 1. The number of nitrogens with one attached hydrogen (secondary N) is 1. The molecule has 19 heavy (non-hydrogen) atoms. The summed E-state index contributed by atoms with van der Waals surface area (Å²) in [6.07, 6.45) is 8.24. The Bertz CT molecular complexity index is 354. The summed E-state index contributed by atoms with van der Waals surface area (Å²) in [5.41, 5.74) is 1.37. The molecule has 1 atom stereocenters. The zero-order valence-corrected chi connectivity index (χ0v) is 12.3. The van der Waals surface area contributed by atoms with Crippen LogP contribution in [0.4, 0.5) is 0 Å². The molecule has 0 aromatic heterocycles. The summed E-state index contributed by atoms with van der Waals surface area (Å²) in [6, 6.07) is 8.95. The molecule has 1 N–H and O–H groups in total. The van der Waals surface area contributed by atoms with E-state index in [2.05, 4.69) is 36.5 Å². The molecule has 106 valence electrons. The van der Waals surface area contributed by atoms with Crippen molar-refractivity contribution in [2.24, 2.45) is 5.92 Å². The Labute approximate surface area is 117 Å². The molecule has 1 aromatic carbocycles. The van der Waals surface area contributed by atoms with E-state index in [1.54, 1.807) is 7.11 Å². The van der Waals surface area contributed by atoms with Crippen molar-refractivity contribution < 1.29 is 4.74 Å². The first-order valence-corrected chi connectivity index (χ1v) is 7.70. The van der Waals surface area contributed by atoms with Gasteiger partial charge in [0.25, 0.3) is 0 Å². The highest BCUT2D eigenvalue weighted by atomic mass is 16.5. The van der Waals surface area contributed by atoms with Gasteiger partial charge in [-0.2, -0.15) is 0 Å². The van der Waals surface area contributed by atoms with Gasteiger partial charge in [-0.3, -0.25) is 0 Å². The van der Waals surface area contributed by atoms with E-state index in [9.17, 15) is 0 Å². The van der Waals surface area contributed by atoms with Crippen LogP contribution in [0.15, 0.2) is 24.3 Å². The number of benzene rings is 1. The molecule has 1 aliphatic rings. The average Bonchev–Trinajstić information content (AvgIpc) is 2.49. The van der Waals surface area contributed by atoms with Crippen LogP contribution in [0.2, 0.25) is 0 Å². The first-order chi connectivity index (χ1) is 9.33. The predicted molar refractivity (Wildman–Crippen MR) is 80.6 cm³/mol. The van der Waals surface area contributed by atoms with Gasteiger partial charge >= 0.3 is 0 Å². The molecule has 1 fully saturated rings. The Kier molecular flexibility index (Phi) is 5.71. The molecule has 0 aliphatic heterocycles. The topological polar surface area (TPSA) is 21.3 Å². The van der Waals surface area contributed by atoms with E-state index in [0.29, 0.717) is 6.04 Å². The molecular formula is C17H27NO. The maximum Gasteiger partial charge on any atom is 0.118 e. The first-order valence-electron chi connectivity index (χ1n) is 7.70. The fourth-order valence-electron chi connectivity index (χ4n) is 3.03. The van der Waals surface area contributed by atoms with Gasteiger partial charge in [-0.05, 0) is 49.4 Å². The third kappa shape index (κ3) is 4.24. The second-order valence-electron chi connectivity index (χ2n) is 5.65. The highest BCUT2D eigenvalue weighted by Crippen LogP contribution is 2.25. The Morgan fingerprint density at radius 1 is 1.16 bits per heavy atom. The molecule has 0 heterocycles. The Balaban J connectivity index is 1.87. The smallest absolute Gasteiger partial charge is 0.118 e. The molecule has 1 aliphatic carbocycles. The van der Waals surface area contributed by atoms with Crippen LogP contribution in [-0.2, 0) is 0 Å². The van der Waals surface area contributed by atoms with Crippen molar-refractivity contribution in [1.82, 2.24) is 5.32 Å². The summed E-state index contributed by atoms with van der Waals surface area (Å²) in [6.45, 7) is 3.42. The van der Waals surface area contributed by atoms with E-state index in [0.717, 1.165) is 18.1 Å². The van der Waals surface area contributed by atoms with Crippen molar-refractivity contribution in [1.29, 1.82) is 0 Å². The average molecular weight is 261 g/mol. The van der Waals surface area contributed by atoms with Crippen molar-refractivity contribution in [3.8, 4) is 5.75 Å². The summed E-state index contributed by atoms with van der Waals surface area (Å²) in [5.74, 6) is 1.83. The minimum absolute atomic E-state index is 0.479. The lowest BCUT2D eigenvalue weighted by atomic mass is 9.89. The monoisotopic (exact) mass is 261 g/mol. The van der Waals surface area contributed by atoms with Crippen LogP contribution < -0.4 is 10.1 Å². The van der Waals surface area contributed by atoms with Crippen molar-refractivity contribution in [3.63, 3.8) is 0 Å². The Morgan fingerprint density at radius 2 is 1.84 bits per heavy atom. The second-order valence-corrected chi connectivity index (χ2v) is 5.65. The summed E-state index contributed by atoms with van der Waals surface area (Å²) >= 11 is 0. The lowest BCUT2D eigenvalue weighted by molar-refractivity contribution is 0.326. The van der Waals surface area contributed by atoms with Gasteiger partial charge in [-0.1, -0.05) is 38.3 Å². The van der Waals surface area contributed by atoms with Gasteiger partial charge in [-0.15, -0.1) is 0 Å². The van der Waals surface area contributed by atoms with Crippen molar-refractivity contribution in [2.45, 2.75) is 51.5 Å². The van der Waals surface area contributed by atoms with Crippen LogP contribution >= 0.6 is 0 Å². The van der Waals surface area contributed by atoms with E-state index in [-0.39, 0.29) is 0 Å². The van der Waals surface area contributed by atoms with Crippen LogP contribution in [0.5, 0.6) is 5.75 Å². The van der Waals surface area contributed by atoms with Crippen LogP contribution in [0.25, 0.3) is 0 Å². The fraction of sp³-hybridized carbons (Fsp3) is 0.647. The normalized spacial score (nSPS) is 18.2. The summed E-state index contributed by atoms with van der Waals surface area (Å²) < 4.78 is 5.22. The van der Waals surface area contributed by atoms with Crippen LogP contribution in [0.3, 0.4) is 0 Å². The minimum Gasteiger partial charge on any atom is -0.497 e. The van der Waals surface area contributed by atoms with E-state index in [1.165, 1.54) is 44.2 Å². The molecule has 0 bridgehead atoms. The zero-order valence-electron chi connectivity index (χ0n) is 12.3. The number of methoxy groups -OCH3 is 1. The predicted octanol–water partition coefficient (Wildman–Crippen LogP) is 4.32. The molecule has 1 aromatic rings. The van der Waals surface area contributed by atoms with Gasteiger partial charge in [0.1, 0.15) is 5.75 Å². The maximum absolute atomic E-state index is 5.22. The molecule has 0 radical (unpaired) electrons. The van der Waals surface area contributed by atoms with Crippen LogP contribution in [0, 0.1) is 5.92 Å².